The van der Waals surface area contributed by atoms with Crippen LogP contribution in [0.15, 0.2) is 27.5 Å². The van der Waals surface area contributed by atoms with E-state index in [0.717, 1.165) is 5.56 Å². The summed E-state index contributed by atoms with van der Waals surface area (Å²) >= 11 is 0. The van der Waals surface area contributed by atoms with Gasteiger partial charge in [-0.15, -0.1) is 0 Å². The van der Waals surface area contributed by atoms with Crippen molar-refractivity contribution in [3.8, 4) is 11.4 Å². The molecule has 2 aromatic rings. The molecular formula is C10H11N3O3. The lowest BCUT2D eigenvalue weighted by molar-refractivity contribution is 0.191. The normalized spacial score (nSPS) is 25.1. The molecule has 0 bridgehead atoms. The summed E-state index contributed by atoms with van der Waals surface area (Å²) in [5.41, 5.74) is 0.786. The second-order valence-electron chi connectivity index (χ2n) is 3.82. The van der Waals surface area contributed by atoms with Gasteiger partial charge in [-0.25, -0.2) is 0 Å². The largest absolute Gasteiger partial charge is 0.472 e. The molecule has 0 radical (unpaired) electrons. The minimum absolute atomic E-state index is 0.0526. The minimum atomic E-state index is -0.339. The zero-order valence-electron chi connectivity index (χ0n) is 8.46. The summed E-state index contributed by atoms with van der Waals surface area (Å²) < 4.78 is 10.1. The lowest BCUT2D eigenvalue weighted by atomic mass is 10.2. The van der Waals surface area contributed by atoms with Crippen LogP contribution in [-0.4, -0.2) is 27.9 Å². The molecule has 3 heterocycles. The predicted molar refractivity (Wildman–Crippen MR) is 53.4 cm³/mol. The van der Waals surface area contributed by atoms with E-state index >= 15 is 0 Å². The van der Waals surface area contributed by atoms with Gasteiger partial charge in [0.25, 0.3) is 0 Å². The Bertz CT molecular complexity index is 465. The maximum absolute atomic E-state index is 9.38. The molecule has 2 unspecified atom stereocenters. The van der Waals surface area contributed by atoms with E-state index in [0.29, 0.717) is 24.7 Å². The van der Waals surface area contributed by atoms with Gasteiger partial charge in [-0.05, 0) is 12.5 Å². The van der Waals surface area contributed by atoms with Crippen molar-refractivity contribution in [3.63, 3.8) is 0 Å². The van der Waals surface area contributed by atoms with E-state index in [2.05, 4.69) is 15.5 Å². The van der Waals surface area contributed by atoms with Crippen LogP contribution in [0.5, 0.6) is 0 Å². The molecule has 1 aliphatic heterocycles. The number of nitrogens with one attached hydrogen (secondary N) is 1. The van der Waals surface area contributed by atoms with Crippen LogP contribution in [0.3, 0.4) is 0 Å². The molecule has 0 amide bonds. The molecule has 6 heteroatoms. The highest BCUT2D eigenvalue weighted by atomic mass is 16.5. The first-order chi connectivity index (χ1) is 7.83. The molecule has 0 saturated carbocycles. The smallest absolute Gasteiger partial charge is 0.244 e. The summed E-state index contributed by atoms with van der Waals surface area (Å²) in [4.78, 5) is 4.26. The van der Waals surface area contributed by atoms with Gasteiger partial charge in [0.15, 0.2) is 0 Å². The van der Waals surface area contributed by atoms with Crippen molar-refractivity contribution in [2.75, 3.05) is 6.54 Å². The number of hydrogen-bond acceptors (Lipinski definition) is 6. The van der Waals surface area contributed by atoms with Crippen molar-refractivity contribution in [1.29, 1.82) is 0 Å². The average molecular weight is 221 g/mol. The molecule has 0 spiro atoms. The summed E-state index contributed by atoms with van der Waals surface area (Å²) in [5.74, 6) is 1.01. The van der Waals surface area contributed by atoms with Crippen molar-refractivity contribution in [2.24, 2.45) is 0 Å². The molecule has 0 aromatic carbocycles. The molecule has 2 aromatic heterocycles. The van der Waals surface area contributed by atoms with Gasteiger partial charge in [0.2, 0.25) is 11.7 Å². The molecule has 84 valence electrons. The Hall–Kier alpha value is -1.66. The van der Waals surface area contributed by atoms with E-state index in [4.69, 9.17) is 8.94 Å². The summed E-state index contributed by atoms with van der Waals surface area (Å²) in [5, 5.41) is 16.4. The first-order valence-corrected chi connectivity index (χ1v) is 5.10. The Kier molecular flexibility index (Phi) is 2.23. The Morgan fingerprint density at radius 3 is 3.12 bits per heavy atom. The zero-order chi connectivity index (χ0) is 11.0. The highest BCUT2D eigenvalue weighted by Gasteiger charge is 2.28. The maximum Gasteiger partial charge on any atom is 0.244 e. The monoisotopic (exact) mass is 221 g/mol. The fourth-order valence-electron chi connectivity index (χ4n) is 1.79. The third-order valence-electron chi connectivity index (χ3n) is 2.63. The lowest BCUT2D eigenvalue weighted by Crippen LogP contribution is -2.15. The first-order valence-electron chi connectivity index (χ1n) is 5.10. The number of nitrogens with zero attached hydrogens (tertiary/aromatic N) is 2. The van der Waals surface area contributed by atoms with E-state index in [1.54, 1.807) is 18.6 Å². The molecule has 3 rings (SSSR count). The van der Waals surface area contributed by atoms with Gasteiger partial charge in [-0.3, -0.25) is 0 Å². The van der Waals surface area contributed by atoms with Gasteiger partial charge in [0.05, 0.1) is 24.0 Å². The summed E-state index contributed by atoms with van der Waals surface area (Å²) in [6, 6.07) is 1.72. The van der Waals surface area contributed by atoms with Gasteiger partial charge in [-0.1, -0.05) is 5.16 Å². The molecule has 1 aliphatic rings. The number of aromatic nitrogens is 2. The fourth-order valence-corrected chi connectivity index (χ4v) is 1.79. The predicted octanol–water partition coefficient (Wildman–Crippen LogP) is 0.725. The number of hydrogen-bond donors (Lipinski definition) is 2. The van der Waals surface area contributed by atoms with Crippen LogP contribution < -0.4 is 5.32 Å². The molecule has 2 atom stereocenters. The summed E-state index contributed by atoms with van der Waals surface area (Å²) in [7, 11) is 0. The standard InChI is InChI=1S/C10H11N3O3/c14-7-3-8(11-4-7)10-12-9(13-16-10)6-1-2-15-5-6/h1-2,5,7-8,11,14H,3-4H2. The van der Waals surface area contributed by atoms with Crippen molar-refractivity contribution in [2.45, 2.75) is 18.6 Å². The van der Waals surface area contributed by atoms with Gasteiger partial charge >= 0.3 is 0 Å². The molecule has 6 nitrogen and oxygen atoms in total. The van der Waals surface area contributed by atoms with E-state index in [-0.39, 0.29) is 12.1 Å². The number of rotatable bonds is 2. The van der Waals surface area contributed by atoms with Crippen LogP contribution in [0.2, 0.25) is 0 Å². The summed E-state index contributed by atoms with van der Waals surface area (Å²) in [6.07, 6.45) is 3.39. The van der Waals surface area contributed by atoms with Gasteiger partial charge in [-0.2, -0.15) is 4.98 Å². The Morgan fingerprint density at radius 1 is 1.50 bits per heavy atom. The van der Waals surface area contributed by atoms with Crippen LogP contribution in [0, 0.1) is 0 Å². The first kappa shape index (κ1) is 9.56. The molecule has 0 aliphatic carbocycles. The van der Waals surface area contributed by atoms with Crippen LogP contribution in [-0.2, 0) is 0 Å². The molecule has 1 fully saturated rings. The zero-order valence-corrected chi connectivity index (χ0v) is 8.46. The molecule has 1 saturated heterocycles. The Labute approximate surface area is 91.3 Å². The van der Waals surface area contributed by atoms with Gasteiger partial charge in [0, 0.05) is 6.54 Å². The highest BCUT2D eigenvalue weighted by molar-refractivity contribution is 5.51. The number of aliphatic hydroxyl groups excluding tert-OH is 1. The quantitative estimate of drug-likeness (QED) is 0.777. The van der Waals surface area contributed by atoms with Crippen molar-refractivity contribution >= 4 is 0 Å². The second-order valence-corrected chi connectivity index (χ2v) is 3.82. The topological polar surface area (TPSA) is 84.3 Å². The average Bonchev–Trinajstić information content (AvgIpc) is 2.97. The van der Waals surface area contributed by atoms with Crippen molar-refractivity contribution in [1.82, 2.24) is 15.5 Å². The SMILES string of the molecule is OC1CNC(c2nc(-c3ccoc3)no2)C1. The number of β-amino-alcohol motifs (C(OH)–C–C–N with tert-alkyl or cyclic N) is 1. The fraction of sp³-hybridized carbons (Fsp3) is 0.400. The second kappa shape index (κ2) is 3.73. The summed E-state index contributed by atoms with van der Waals surface area (Å²) in [6.45, 7) is 0.564. The lowest BCUT2D eigenvalue weighted by Gasteiger charge is -2.01. The van der Waals surface area contributed by atoms with E-state index in [1.165, 1.54) is 0 Å². The van der Waals surface area contributed by atoms with Crippen molar-refractivity contribution in [3.05, 3.63) is 24.5 Å². The van der Waals surface area contributed by atoms with Crippen LogP contribution in [0.1, 0.15) is 18.4 Å². The third kappa shape index (κ3) is 1.62. The van der Waals surface area contributed by atoms with E-state index in [9.17, 15) is 5.11 Å². The van der Waals surface area contributed by atoms with Gasteiger partial charge in [0.1, 0.15) is 6.26 Å². The molecule has 16 heavy (non-hydrogen) atoms. The van der Waals surface area contributed by atoms with Gasteiger partial charge < -0.3 is 19.4 Å². The maximum atomic E-state index is 9.38. The number of aliphatic hydroxyl groups is 1. The highest BCUT2D eigenvalue weighted by Crippen LogP contribution is 2.24. The van der Waals surface area contributed by atoms with Crippen LogP contribution in [0.4, 0.5) is 0 Å². The van der Waals surface area contributed by atoms with E-state index in [1.807, 2.05) is 0 Å². The van der Waals surface area contributed by atoms with Crippen LogP contribution >= 0.6 is 0 Å². The minimum Gasteiger partial charge on any atom is -0.472 e. The number of furan rings is 1. The molecular weight excluding hydrogens is 210 g/mol. The third-order valence-corrected chi connectivity index (χ3v) is 2.63. The van der Waals surface area contributed by atoms with Crippen LogP contribution in [0.25, 0.3) is 11.4 Å². The Balaban J connectivity index is 1.83. The Morgan fingerprint density at radius 2 is 2.44 bits per heavy atom. The van der Waals surface area contributed by atoms with Crippen molar-refractivity contribution < 1.29 is 14.0 Å². The van der Waals surface area contributed by atoms with E-state index < -0.39 is 0 Å². The molecule has 2 N–H and O–H groups in total.